The number of halogens is 4. The maximum Gasteiger partial charge on any atom is 0.175 e. The third-order valence-electron chi connectivity index (χ3n) is 7.10. The number of aromatic nitrogens is 2. The van der Waals surface area contributed by atoms with Crippen molar-refractivity contribution in [3.63, 3.8) is 0 Å². The van der Waals surface area contributed by atoms with Gasteiger partial charge in [-0.1, -0.05) is 47.5 Å². The van der Waals surface area contributed by atoms with Crippen LogP contribution in [0.5, 0.6) is 0 Å². The molecule has 6 aromatic rings. The molecule has 0 spiro atoms. The van der Waals surface area contributed by atoms with Crippen LogP contribution >= 0.6 is 35.0 Å². The van der Waals surface area contributed by atoms with Gasteiger partial charge in [0.05, 0.1) is 37.4 Å². The van der Waals surface area contributed by atoms with Crippen LogP contribution in [-0.2, 0) is 9.84 Å². The topological polar surface area (TPSA) is 59.9 Å². The Kier molecular flexibility index (Phi) is 9.28. The molecule has 2 heterocycles. The molecule has 0 aliphatic heterocycles. The minimum atomic E-state index is -3.33. The molecule has 0 atom stereocenters. The van der Waals surface area contributed by atoms with E-state index < -0.39 is 15.7 Å². The molecule has 0 aliphatic carbocycles. The van der Waals surface area contributed by atoms with Crippen LogP contribution < -0.4 is 0 Å². The predicted molar refractivity (Wildman–Crippen MR) is 179 cm³/mol. The van der Waals surface area contributed by atoms with Gasteiger partial charge in [-0.15, -0.1) is 11.8 Å². The number of thioether (sulfide) groups is 1. The van der Waals surface area contributed by atoms with Crippen LogP contribution in [0.25, 0.3) is 44.3 Å². The first kappa shape index (κ1) is 31.9. The number of hydrogen-bond acceptors (Lipinski definition) is 5. The highest BCUT2D eigenvalue weighted by molar-refractivity contribution is 7.98. The number of rotatable bonds is 4. The van der Waals surface area contributed by atoms with Crippen molar-refractivity contribution in [1.29, 1.82) is 0 Å². The fourth-order valence-electron chi connectivity index (χ4n) is 4.79. The average Bonchev–Trinajstić information content (AvgIpc) is 3.00. The van der Waals surface area contributed by atoms with Gasteiger partial charge in [0.2, 0.25) is 0 Å². The summed E-state index contributed by atoms with van der Waals surface area (Å²) in [4.78, 5) is 10.4. The van der Waals surface area contributed by atoms with Crippen LogP contribution in [0.2, 0.25) is 10.0 Å². The van der Waals surface area contributed by atoms with E-state index in [4.69, 9.17) is 23.2 Å². The lowest BCUT2D eigenvalue weighted by atomic mass is 10.0. The van der Waals surface area contributed by atoms with Gasteiger partial charge in [-0.3, -0.25) is 0 Å². The number of pyridine rings is 2. The van der Waals surface area contributed by atoms with Crippen LogP contribution in [0.3, 0.4) is 0 Å². The van der Waals surface area contributed by atoms with Gasteiger partial charge in [-0.2, -0.15) is 0 Å². The average molecular weight is 668 g/mol. The third-order valence-corrected chi connectivity index (χ3v) is 9.91. The van der Waals surface area contributed by atoms with Gasteiger partial charge in [-0.05, 0) is 79.8 Å². The van der Waals surface area contributed by atoms with Crippen molar-refractivity contribution in [2.45, 2.75) is 23.6 Å². The lowest BCUT2D eigenvalue weighted by Crippen LogP contribution is -1.98. The number of sulfone groups is 1. The van der Waals surface area contributed by atoms with Crippen molar-refractivity contribution < 1.29 is 17.2 Å². The first-order chi connectivity index (χ1) is 20.9. The zero-order valence-corrected chi connectivity index (χ0v) is 27.3. The second kappa shape index (κ2) is 12.8. The highest BCUT2D eigenvalue weighted by atomic mass is 35.5. The molecule has 6 rings (SSSR count). The molecular formula is C34H26Cl2F2N2O2S2. The second-order valence-corrected chi connectivity index (χ2v) is 13.8. The van der Waals surface area contributed by atoms with E-state index in [1.54, 1.807) is 49.0 Å². The lowest BCUT2D eigenvalue weighted by Gasteiger charge is -2.11. The maximum atomic E-state index is 13.5. The Morgan fingerprint density at radius 3 is 1.64 bits per heavy atom. The molecule has 4 nitrogen and oxygen atoms in total. The number of fused-ring (bicyclic) bond motifs is 2. The molecule has 0 saturated heterocycles. The smallest absolute Gasteiger partial charge is 0.175 e. The predicted octanol–water partition coefficient (Wildman–Crippen LogP) is 10.1. The monoisotopic (exact) mass is 666 g/mol. The molecule has 0 amide bonds. The van der Waals surface area contributed by atoms with Crippen molar-refractivity contribution in [3.05, 3.63) is 118 Å². The van der Waals surface area contributed by atoms with Gasteiger partial charge in [0.15, 0.2) is 9.84 Å². The first-order valence-electron chi connectivity index (χ1n) is 13.3. The van der Waals surface area contributed by atoms with Crippen LogP contribution in [0.1, 0.15) is 11.1 Å². The zero-order valence-electron chi connectivity index (χ0n) is 24.1. The van der Waals surface area contributed by atoms with Crippen molar-refractivity contribution >= 4 is 66.6 Å². The summed E-state index contributed by atoms with van der Waals surface area (Å²) in [6.45, 7) is 3.75. The Morgan fingerprint density at radius 2 is 1.16 bits per heavy atom. The van der Waals surface area contributed by atoms with Gasteiger partial charge >= 0.3 is 0 Å². The first-order valence-corrected chi connectivity index (χ1v) is 17.2. The number of hydrogen-bond donors (Lipinski definition) is 0. The van der Waals surface area contributed by atoms with Crippen molar-refractivity contribution in [3.8, 4) is 22.5 Å². The molecule has 44 heavy (non-hydrogen) atoms. The summed E-state index contributed by atoms with van der Waals surface area (Å²) in [6, 6.07) is 23.3. The fraction of sp³-hybridized carbons (Fsp3) is 0.118. The molecule has 0 aliphatic rings. The Hall–Kier alpha value is -3.56. The number of nitrogens with zero attached hydrogens (tertiary/aromatic N) is 2. The Balaban J connectivity index is 0.000000175. The Morgan fingerprint density at radius 1 is 0.682 bits per heavy atom. The van der Waals surface area contributed by atoms with E-state index in [0.717, 1.165) is 38.9 Å². The molecule has 10 heteroatoms. The molecule has 224 valence electrons. The minimum absolute atomic E-state index is 0.201. The van der Waals surface area contributed by atoms with E-state index >= 15 is 0 Å². The quantitative estimate of drug-likeness (QED) is 0.175. The highest BCUT2D eigenvalue weighted by Crippen LogP contribution is 2.35. The summed E-state index contributed by atoms with van der Waals surface area (Å²) >= 11 is 14.5. The minimum Gasteiger partial charge on any atom is -0.247 e. The van der Waals surface area contributed by atoms with Crippen LogP contribution in [0, 0.1) is 25.5 Å². The van der Waals surface area contributed by atoms with Crippen molar-refractivity contribution in [1.82, 2.24) is 9.97 Å². The molecule has 0 unspecified atom stereocenters. The van der Waals surface area contributed by atoms with Crippen molar-refractivity contribution in [2.75, 3.05) is 12.5 Å². The van der Waals surface area contributed by atoms with E-state index in [1.807, 2.05) is 31.4 Å². The lowest BCUT2D eigenvalue weighted by molar-refractivity contribution is 0.602. The van der Waals surface area contributed by atoms with Crippen LogP contribution in [-0.4, -0.2) is 30.9 Å². The highest BCUT2D eigenvalue weighted by Gasteiger charge is 2.15. The van der Waals surface area contributed by atoms with Crippen LogP contribution in [0.15, 0.2) is 94.7 Å². The van der Waals surface area contributed by atoms with Gasteiger partial charge in [0.1, 0.15) is 11.6 Å². The molecule has 4 aromatic carbocycles. The summed E-state index contributed by atoms with van der Waals surface area (Å²) in [5.74, 6) is -0.709. The van der Waals surface area contributed by atoms with Gasteiger partial charge in [0.25, 0.3) is 0 Å². The molecule has 0 bridgehead atoms. The largest absolute Gasteiger partial charge is 0.247 e. The molecule has 0 radical (unpaired) electrons. The Labute approximate surface area is 269 Å². The molecule has 0 fully saturated rings. The molecule has 2 aromatic heterocycles. The van der Waals surface area contributed by atoms with E-state index in [-0.39, 0.29) is 10.7 Å². The maximum absolute atomic E-state index is 13.5. The summed E-state index contributed by atoms with van der Waals surface area (Å²) < 4.78 is 50.4. The van der Waals surface area contributed by atoms with Crippen LogP contribution in [0.4, 0.5) is 8.78 Å². The van der Waals surface area contributed by atoms with Gasteiger partial charge in [0, 0.05) is 45.2 Å². The van der Waals surface area contributed by atoms with Crippen molar-refractivity contribution in [2.24, 2.45) is 0 Å². The normalized spacial score (nSPS) is 11.5. The molecular weight excluding hydrogens is 641 g/mol. The summed E-state index contributed by atoms with van der Waals surface area (Å²) in [5.41, 5.74) is 5.60. The van der Waals surface area contributed by atoms with E-state index in [0.29, 0.717) is 37.7 Å². The van der Waals surface area contributed by atoms with E-state index in [1.165, 1.54) is 30.3 Å². The SMILES string of the molecule is CSc1cccc(-c2nc3cc(F)ccc3c(Cl)c2C)c1.Cc1c(-c2cccc(S(C)(=O)=O)c2)nc2cc(F)ccc2c1Cl. The fourth-order valence-corrected chi connectivity index (χ4v) is 6.42. The number of benzene rings is 4. The zero-order chi connectivity index (χ0) is 31.8. The third kappa shape index (κ3) is 6.59. The molecule has 0 saturated carbocycles. The van der Waals surface area contributed by atoms with E-state index in [9.17, 15) is 17.2 Å². The Bertz CT molecular complexity index is 2170. The van der Waals surface area contributed by atoms with Gasteiger partial charge < -0.3 is 0 Å². The molecule has 0 N–H and O–H groups in total. The van der Waals surface area contributed by atoms with E-state index in [2.05, 4.69) is 16.0 Å². The van der Waals surface area contributed by atoms with Gasteiger partial charge in [-0.25, -0.2) is 27.2 Å². The summed E-state index contributed by atoms with van der Waals surface area (Å²) in [6.07, 6.45) is 3.18. The standard InChI is InChI=1S/C17H13ClFNO2S.C17H13ClFNS/c1-10-16(18)14-7-6-12(19)9-15(14)20-17(10)11-4-3-5-13(8-11)23(2,21)22;1-10-16(18)14-7-6-12(19)9-15(14)20-17(10)11-4-3-5-13(8-11)21-2/h3-9H,1-2H3;3-9H,1-2H3. The summed E-state index contributed by atoms with van der Waals surface area (Å²) in [5, 5.41) is 2.55. The second-order valence-electron chi connectivity index (χ2n) is 10.2. The summed E-state index contributed by atoms with van der Waals surface area (Å²) in [7, 11) is -3.33.